The number of hydrogen-bond donors (Lipinski definition) is 1. The number of aromatic nitrogens is 3. The minimum atomic E-state index is -0.167. The topological polar surface area (TPSA) is 72.3 Å². The smallest absolute Gasteiger partial charge is 0.238 e. The molecule has 0 aliphatic carbocycles. The molecule has 0 radical (unpaired) electrons. The molecule has 9 heteroatoms. The second-order valence-electron chi connectivity index (χ2n) is 6.18. The monoisotopic (exact) mass is 463 g/mol. The van der Waals surface area contributed by atoms with Gasteiger partial charge in [-0.15, -0.1) is 0 Å². The number of nitrogens with one attached hydrogen (secondary N) is 1. The highest BCUT2D eigenvalue weighted by molar-refractivity contribution is 9.10. The Balaban J connectivity index is 1.69. The Morgan fingerprint density at radius 1 is 1.32 bits per heavy atom. The van der Waals surface area contributed by atoms with E-state index >= 15 is 0 Å². The molecule has 28 heavy (non-hydrogen) atoms. The van der Waals surface area contributed by atoms with Crippen molar-refractivity contribution >= 4 is 39.1 Å². The summed E-state index contributed by atoms with van der Waals surface area (Å²) in [5, 5.41) is 7.53. The lowest BCUT2D eigenvalue weighted by Crippen LogP contribution is -2.30. The van der Waals surface area contributed by atoms with Crippen LogP contribution in [0.3, 0.4) is 0 Å². The number of carbonyl (C=O) groups excluding carboxylic acids is 1. The third-order valence-electron chi connectivity index (χ3n) is 3.99. The molecule has 1 heterocycles. The fraction of sp³-hybridized carbons (Fsp3) is 0.211. The van der Waals surface area contributed by atoms with Crippen LogP contribution in [-0.4, -0.2) is 46.3 Å². The largest absolute Gasteiger partial charge is 0.496 e. The van der Waals surface area contributed by atoms with Crippen LogP contribution in [0.5, 0.6) is 5.75 Å². The highest BCUT2D eigenvalue weighted by Gasteiger charge is 2.14. The van der Waals surface area contributed by atoms with Crippen LogP contribution in [0.4, 0.5) is 5.69 Å². The van der Waals surface area contributed by atoms with E-state index in [2.05, 4.69) is 31.3 Å². The van der Waals surface area contributed by atoms with Crippen LogP contribution in [-0.2, 0) is 11.3 Å². The first-order chi connectivity index (χ1) is 13.5. The maximum atomic E-state index is 12.6. The van der Waals surface area contributed by atoms with Crippen molar-refractivity contribution in [2.24, 2.45) is 0 Å². The van der Waals surface area contributed by atoms with Crippen LogP contribution >= 0.6 is 27.5 Å². The molecule has 2 aromatic carbocycles. The normalized spacial score (nSPS) is 10.9. The Hall–Kier alpha value is -2.42. The summed E-state index contributed by atoms with van der Waals surface area (Å²) in [4.78, 5) is 18.4. The van der Waals surface area contributed by atoms with Crippen LogP contribution in [0.1, 0.15) is 5.56 Å². The van der Waals surface area contributed by atoms with Gasteiger partial charge in [0, 0.05) is 21.6 Å². The second-order valence-corrected chi connectivity index (χ2v) is 7.53. The molecule has 3 rings (SSSR count). The summed E-state index contributed by atoms with van der Waals surface area (Å²) in [6.07, 6.45) is 2.99. The minimum absolute atomic E-state index is 0.167. The van der Waals surface area contributed by atoms with Gasteiger partial charge < -0.3 is 10.1 Å². The minimum Gasteiger partial charge on any atom is -0.496 e. The molecule has 0 aliphatic rings. The molecule has 1 aromatic heterocycles. The number of hydrogen-bond acceptors (Lipinski definition) is 5. The van der Waals surface area contributed by atoms with E-state index in [1.165, 1.54) is 6.33 Å². The molecule has 3 aromatic rings. The van der Waals surface area contributed by atoms with Crippen molar-refractivity contribution in [3.05, 3.63) is 64.1 Å². The molecule has 0 bridgehead atoms. The predicted molar refractivity (Wildman–Crippen MR) is 112 cm³/mol. The third-order valence-corrected chi connectivity index (χ3v) is 4.72. The van der Waals surface area contributed by atoms with Crippen molar-refractivity contribution in [1.29, 1.82) is 0 Å². The summed E-state index contributed by atoms with van der Waals surface area (Å²) in [6, 6.07) is 11.0. The van der Waals surface area contributed by atoms with Gasteiger partial charge in [-0.3, -0.25) is 9.69 Å². The van der Waals surface area contributed by atoms with Gasteiger partial charge in [0.05, 0.1) is 25.0 Å². The van der Waals surface area contributed by atoms with Gasteiger partial charge in [0.1, 0.15) is 18.4 Å². The number of rotatable bonds is 7. The van der Waals surface area contributed by atoms with E-state index in [1.54, 1.807) is 36.3 Å². The summed E-state index contributed by atoms with van der Waals surface area (Å²) in [7, 11) is 3.50. The van der Waals surface area contributed by atoms with Crippen LogP contribution in [0.2, 0.25) is 5.02 Å². The molecule has 0 unspecified atom stereocenters. The fourth-order valence-corrected chi connectivity index (χ4v) is 3.37. The van der Waals surface area contributed by atoms with E-state index in [-0.39, 0.29) is 12.5 Å². The molecule has 7 nitrogen and oxygen atoms in total. The maximum Gasteiger partial charge on any atom is 0.238 e. The SMILES string of the molecule is COc1ccc(Br)cc1CN(C)CC(=O)Nc1cc(Cl)ccc1-n1cncn1. The number of amides is 1. The highest BCUT2D eigenvalue weighted by Crippen LogP contribution is 2.25. The summed E-state index contributed by atoms with van der Waals surface area (Å²) in [6.45, 7) is 0.750. The summed E-state index contributed by atoms with van der Waals surface area (Å²) in [5.41, 5.74) is 2.24. The molecule has 1 N–H and O–H groups in total. The number of benzene rings is 2. The zero-order valence-corrected chi connectivity index (χ0v) is 17.7. The van der Waals surface area contributed by atoms with Crippen LogP contribution in [0.25, 0.3) is 5.69 Å². The van der Waals surface area contributed by atoms with Crippen LogP contribution in [0.15, 0.2) is 53.5 Å². The van der Waals surface area contributed by atoms with Gasteiger partial charge in [0.2, 0.25) is 5.91 Å². The summed E-state index contributed by atoms with van der Waals surface area (Å²) >= 11 is 9.56. The Labute approximate surface area is 176 Å². The Morgan fingerprint density at radius 2 is 2.14 bits per heavy atom. The quantitative estimate of drug-likeness (QED) is 0.576. The van der Waals surface area contributed by atoms with Crippen molar-refractivity contribution in [1.82, 2.24) is 19.7 Å². The predicted octanol–water partition coefficient (Wildman–Crippen LogP) is 3.76. The first kappa shape index (κ1) is 20.3. The first-order valence-corrected chi connectivity index (χ1v) is 9.58. The van der Waals surface area contributed by atoms with Crippen molar-refractivity contribution in [2.75, 3.05) is 26.0 Å². The molecular weight excluding hydrogens is 446 g/mol. The average Bonchev–Trinajstić information content (AvgIpc) is 3.16. The van der Waals surface area contributed by atoms with Crippen molar-refractivity contribution in [2.45, 2.75) is 6.54 Å². The van der Waals surface area contributed by atoms with E-state index in [4.69, 9.17) is 16.3 Å². The standard InChI is InChI=1S/C19H19BrClN5O2/c1-25(9-13-7-14(20)3-6-18(13)28-2)10-19(27)24-16-8-15(21)4-5-17(16)26-12-22-11-23-26/h3-8,11-12H,9-10H2,1-2H3,(H,24,27). The number of ether oxygens (including phenoxy) is 1. The molecular formula is C19H19BrClN5O2. The van der Waals surface area contributed by atoms with E-state index in [9.17, 15) is 4.79 Å². The molecule has 1 amide bonds. The van der Waals surface area contributed by atoms with Crippen molar-refractivity contribution in [3.8, 4) is 11.4 Å². The Kier molecular flexibility index (Phi) is 6.66. The second kappa shape index (κ2) is 9.18. The number of nitrogens with zero attached hydrogens (tertiary/aromatic N) is 4. The van der Waals surface area contributed by atoms with Gasteiger partial charge in [0.15, 0.2) is 0 Å². The lowest BCUT2D eigenvalue weighted by atomic mass is 10.2. The summed E-state index contributed by atoms with van der Waals surface area (Å²) < 4.78 is 7.92. The highest BCUT2D eigenvalue weighted by atomic mass is 79.9. The third kappa shape index (κ3) is 5.09. The molecule has 0 saturated heterocycles. The molecule has 146 valence electrons. The lowest BCUT2D eigenvalue weighted by molar-refractivity contribution is -0.117. The van der Waals surface area contributed by atoms with E-state index in [0.717, 1.165) is 15.8 Å². The van der Waals surface area contributed by atoms with Gasteiger partial charge >= 0.3 is 0 Å². The summed E-state index contributed by atoms with van der Waals surface area (Å²) in [5.74, 6) is 0.610. The zero-order valence-electron chi connectivity index (χ0n) is 15.4. The average molecular weight is 465 g/mol. The number of halogens is 2. The number of anilines is 1. The Morgan fingerprint density at radius 3 is 2.86 bits per heavy atom. The van der Waals surface area contributed by atoms with E-state index in [0.29, 0.717) is 22.9 Å². The van der Waals surface area contributed by atoms with E-state index < -0.39 is 0 Å². The first-order valence-electron chi connectivity index (χ1n) is 8.41. The lowest BCUT2D eigenvalue weighted by Gasteiger charge is -2.19. The number of carbonyl (C=O) groups is 1. The van der Waals surface area contributed by atoms with Crippen molar-refractivity contribution in [3.63, 3.8) is 0 Å². The fourth-order valence-electron chi connectivity index (χ4n) is 2.79. The zero-order chi connectivity index (χ0) is 20.1. The van der Waals surface area contributed by atoms with Gasteiger partial charge in [-0.05, 0) is 43.4 Å². The van der Waals surface area contributed by atoms with Gasteiger partial charge in [0.25, 0.3) is 0 Å². The number of methoxy groups -OCH3 is 1. The Bertz CT molecular complexity index is 965. The van der Waals surface area contributed by atoms with Crippen LogP contribution < -0.4 is 10.1 Å². The van der Waals surface area contributed by atoms with Gasteiger partial charge in [-0.25, -0.2) is 9.67 Å². The molecule has 0 atom stereocenters. The van der Waals surface area contributed by atoms with Crippen LogP contribution in [0, 0.1) is 0 Å². The molecule has 0 saturated carbocycles. The molecule has 0 aliphatic heterocycles. The van der Waals surface area contributed by atoms with Gasteiger partial charge in [-0.2, -0.15) is 5.10 Å². The van der Waals surface area contributed by atoms with Crippen molar-refractivity contribution < 1.29 is 9.53 Å². The van der Waals surface area contributed by atoms with Gasteiger partial charge in [-0.1, -0.05) is 27.5 Å². The molecule has 0 spiro atoms. The van der Waals surface area contributed by atoms with E-state index in [1.807, 2.05) is 30.1 Å². The molecule has 0 fully saturated rings. The number of likely N-dealkylation sites (N-methyl/N-ethyl adjacent to an activating group) is 1. The maximum absolute atomic E-state index is 12.6.